The highest BCUT2D eigenvalue weighted by molar-refractivity contribution is 6.29. The predicted molar refractivity (Wildman–Crippen MR) is 74.9 cm³/mol. The molecule has 0 aliphatic rings. The summed E-state index contributed by atoms with van der Waals surface area (Å²) in [4.78, 5) is 8.53. The molecule has 1 aromatic heterocycles. The Morgan fingerprint density at radius 3 is 2.72 bits per heavy atom. The summed E-state index contributed by atoms with van der Waals surface area (Å²) in [6.07, 6.45) is 0.777. The second-order valence-corrected chi connectivity index (χ2v) is 4.51. The van der Waals surface area contributed by atoms with Crippen LogP contribution in [0.4, 0.5) is 5.82 Å². The van der Waals surface area contributed by atoms with Gasteiger partial charge in [0.2, 0.25) is 0 Å². The molecule has 2 aromatic rings. The fraction of sp³-hybridized carbons (Fsp3) is 0.286. The van der Waals surface area contributed by atoms with Crippen LogP contribution < -0.4 is 5.32 Å². The highest BCUT2D eigenvalue weighted by Crippen LogP contribution is 2.14. The molecular formula is C14H16ClN3. The molecule has 1 N–H and O–H groups in total. The quantitative estimate of drug-likeness (QED) is 0.855. The van der Waals surface area contributed by atoms with E-state index in [2.05, 4.69) is 34.3 Å². The first kappa shape index (κ1) is 12.8. The molecule has 0 saturated heterocycles. The fourth-order valence-electron chi connectivity index (χ4n) is 1.71. The van der Waals surface area contributed by atoms with Crippen LogP contribution in [0.3, 0.4) is 0 Å². The average Bonchev–Trinajstić information content (AvgIpc) is 2.37. The molecule has 0 amide bonds. The van der Waals surface area contributed by atoms with E-state index in [0.717, 1.165) is 24.6 Å². The van der Waals surface area contributed by atoms with Gasteiger partial charge in [-0.25, -0.2) is 9.97 Å². The number of nitrogens with one attached hydrogen (secondary N) is 1. The third-order valence-electron chi connectivity index (χ3n) is 2.78. The number of anilines is 1. The maximum atomic E-state index is 5.95. The Morgan fingerprint density at radius 2 is 2.00 bits per heavy atom. The van der Waals surface area contributed by atoms with E-state index in [-0.39, 0.29) is 0 Å². The summed E-state index contributed by atoms with van der Waals surface area (Å²) < 4.78 is 0. The molecule has 0 atom stereocenters. The lowest BCUT2D eigenvalue weighted by atomic mass is 10.1. The van der Waals surface area contributed by atoms with Crippen LogP contribution in [0, 0.1) is 6.92 Å². The molecule has 0 bridgehead atoms. The summed E-state index contributed by atoms with van der Waals surface area (Å²) in [5.41, 5.74) is 2.52. The summed E-state index contributed by atoms with van der Waals surface area (Å²) in [5, 5.41) is 3.76. The van der Waals surface area contributed by atoms with Gasteiger partial charge in [0.15, 0.2) is 0 Å². The number of aryl methyl sites for hydroxylation is 2. The van der Waals surface area contributed by atoms with E-state index < -0.39 is 0 Å². The average molecular weight is 262 g/mol. The topological polar surface area (TPSA) is 37.8 Å². The number of nitrogens with zero attached hydrogens (tertiary/aromatic N) is 2. The van der Waals surface area contributed by atoms with Crippen LogP contribution in [0.15, 0.2) is 30.3 Å². The number of halogens is 1. The standard InChI is InChI=1S/C14H16ClN3/c1-3-13-17-12(15)8-14(18-13)16-9-11-7-5-4-6-10(11)2/h4-8H,3,9H2,1-2H3,(H,16,17,18). The highest BCUT2D eigenvalue weighted by atomic mass is 35.5. The first-order valence-electron chi connectivity index (χ1n) is 6.01. The zero-order valence-corrected chi connectivity index (χ0v) is 11.3. The van der Waals surface area contributed by atoms with Gasteiger partial charge < -0.3 is 5.32 Å². The Hall–Kier alpha value is -1.61. The third kappa shape index (κ3) is 3.20. The Bertz CT molecular complexity index is 540. The first-order chi connectivity index (χ1) is 8.69. The molecule has 3 nitrogen and oxygen atoms in total. The number of aromatic nitrogens is 2. The van der Waals surface area contributed by atoms with Gasteiger partial charge in [-0.1, -0.05) is 42.8 Å². The van der Waals surface area contributed by atoms with Crippen LogP contribution in [-0.4, -0.2) is 9.97 Å². The first-order valence-corrected chi connectivity index (χ1v) is 6.38. The zero-order chi connectivity index (χ0) is 13.0. The lowest BCUT2D eigenvalue weighted by Crippen LogP contribution is -2.05. The van der Waals surface area contributed by atoms with Gasteiger partial charge in [-0.15, -0.1) is 0 Å². The predicted octanol–water partition coefficient (Wildman–Crippen LogP) is 3.61. The van der Waals surface area contributed by atoms with Crippen molar-refractivity contribution in [1.82, 2.24) is 9.97 Å². The third-order valence-corrected chi connectivity index (χ3v) is 2.97. The summed E-state index contributed by atoms with van der Waals surface area (Å²) in [6, 6.07) is 10.0. The van der Waals surface area contributed by atoms with Crippen molar-refractivity contribution in [2.45, 2.75) is 26.8 Å². The largest absolute Gasteiger partial charge is 0.366 e. The lowest BCUT2D eigenvalue weighted by Gasteiger charge is -2.09. The Balaban J connectivity index is 2.11. The summed E-state index contributed by atoms with van der Waals surface area (Å²) in [6.45, 7) is 4.85. The van der Waals surface area contributed by atoms with Crippen molar-refractivity contribution < 1.29 is 0 Å². The molecule has 0 radical (unpaired) electrons. The van der Waals surface area contributed by atoms with Gasteiger partial charge in [-0.3, -0.25) is 0 Å². The lowest BCUT2D eigenvalue weighted by molar-refractivity contribution is 0.932. The van der Waals surface area contributed by atoms with Gasteiger partial charge in [-0.2, -0.15) is 0 Å². The number of rotatable bonds is 4. The molecular weight excluding hydrogens is 246 g/mol. The van der Waals surface area contributed by atoms with Crippen LogP contribution in [0.1, 0.15) is 23.9 Å². The molecule has 2 rings (SSSR count). The second-order valence-electron chi connectivity index (χ2n) is 4.13. The van der Waals surface area contributed by atoms with Crippen LogP contribution in [-0.2, 0) is 13.0 Å². The molecule has 0 saturated carbocycles. The van der Waals surface area contributed by atoms with Crippen molar-refractivity contribution in [3.8, 4) is 0 Å². The van der Waals surface area contributed by atoms with E-state index in [9.17, 15) is 0 Å². The van der Waals surface area contributed by atoms with Crippen LogP contribution in [0.2, 0.25) is 5.15 Å². The van der Waals surface area contributed by atoms with E-state index in [1.54, 1.807) is 6.07 Å². The van der Waals surface area contributed by atoms with E-state index in [1.807, 2.05) is 19.1 Å². The van der Waals surface area contributed by atoms with Crippen molar-refractivity contribution >= 4 is 17.4 Å². The van der Waals surface area contributed by atoms with Crippen LogP contribution in [0.25, 0.3) is 0 Å². The summed E-state index contributed by atoms with van der Waals surface area (Å²) in [5.74, 6) is 1.53. The smallest absolute Gasteiger partial charge is 0.134 e. The van der Waals surface area contributed by atoms with Gasteiger partial charge in [0, 0.05) is 19.0 Å². The Kier molecular flexibility index (Phi) is 4.15. The molecule has 94 valence electrons. The summed E-state index contributed by atoms with van der Waals surface area (Å²) in [7, 11) is 0. The molecule has 0 aliphatic heterocycles. The van der Waals surface area contributed by atoms with Gasteiger partial charge >= 0.3 is 0 Å². The monoisotopic (exact) mass is 261 g/mol. The second kappa shape index (κ2) is 5.83. The minimum Gasteiger partial charge on any atom is -0.366 e. The van der Waals surface area contributed by atoms with Crippen molar-refractivity contribution in [2.75, 3.05) is 5.32 Å². The van der Waals surface area contributed by atoms with Crippen molar-refractivity contribution in [3.05, 3.63) is 52.4 Å². The van der Waals surface area contributed by atoms with Crippen molar-refractivity contribution in [1.29, 1.82) is 0 Å². The molecule has 0 aliphatic carbocycles. The normalized spacial score (nSPS) is 10.4. The molecule has 18 heavy (non-hydrogen) atoms. The number of hydrogen-bond donors (Lipinski definition) is 1. The molecule has 0 fully saturated rings. The van der Waals surface area contributed by atoms with Crippen molar-refractivity contribution in [2.24, 2.45) is 0 Å². The zero-order valence-electron chi connectivity index (χ0n) is 10.6. The maximum Gasteiger partial charge on any atom is 0.134 e. The molecule has 1 heterocycles. The van der Waals surface area contributed by atoms with E-state index in [1.165, 1.54) is 11.1 Å². The van der Waals surface area contributed by atoms with Crippen LogP contribution >= 0.6 is 11.6 Å². The number of hydrogen-bond acceptors (Lipinski definition) is 3. The fourth-order valence-corrected chi connectivity index (χ4v) is 1.91. The highest BCUT2D eigenvalue weighted by Gasteiger charge is 2.02. The molecule has 0 unspecified atom stereocenters. The maximum absolute atomic E-state index is 5.95. The van der Waals surface area contributed by atoms with E-state index in [4.69, 9.17) is 11.6 Å². The molecule has 0 spiro atoms. The van der Waals surface area contributed by atoms with Crippen LogP contribution in [0.5, 0.6) is 0 Å². The summed E-state index contributed by atoms with van der Waals surface area (Å²) >= 11 is 5.95. The minimum absolute atomic E-state index is 0.481. The molecule has 1 aromatic carbocycles. The van der Waals surface area contributed by atoms with Gasteiger partial charge in [0.1, 0.15) is 16.8 Å². The van der Waals surface area contributed by atoms with Gasteiger partial charge in [0.25, 0.3) is 0 Å². The number of benzene rings is 1. The van der Waals surface area contributed by atoms with Gasteiger partial charge in [-0.05, 0) is 18.1 Å². The molecule has 4 heteroatoms. The SMILES string of the molecule is CCc1nc(Cl)cc(NCc2ccccc2C)n1. The Morgan fingerprint density at radius 1 is 1.22 bits per heavy atom. The minimum atomic E-state index is 0.481. The van der Waals surface area contributed by atoms with E-state index >= 15 is 0 Å². The van der Waals surface area contributed by atoms with E-state index in [0.29, 0.717) is 5.15 Å². The van der Waals surface area contributed by atoms with Crippen molar-refractivity contribution in [3.63, 3.8) is 0 Å². The Labute approximate surface area is 112 Å². The van der Waals surface area contributed by atoms with Gasteiger partial charge in [0.05, 0.1) is 0 Å².